The van der Waals surface area contributed by atoms with E-state index in [4.69, 9.17) is 5.73 Å². The average Bonchev–Trinajstić information content (AvgIpc) is 3.53. The lowest BCUT2D eigenvalue weighted by Gasteiger charge is -2.29. The number of aliphatic carboxylic acids is 1. The number of carbonyl (C=O) groups excluding carboxylic acids is 3. The highest BCUT2D eigenvalue weighted by Gasteiger charge is 2.38. The number of aromatic amines is 1. The third-order valence-corrected chi connectivity index (χ3v) is 7.48. The van der Waals surface area contributed by atoms with Gasteiger partial charge in [-0.2, -0.15) is 11.8 Å². The van der Waals surface area contributed by atoms with Crippen molar-refractivity contribution in [1.29, 1.82) is 0 Å². The van der Waals surface area contributed by atoms with Crippen LogP contribution in [0.25, 0.3) is 10.9 Å². The zero-order valence-electron chi connectivity index (χ0n) is 22.2. The summed E-state index contributed by atoms with van der Waals surface area (Å²) in [6, 6.07) is 4.24. The Balaban J connectivity index is 1.69. The molecule has 0 saturated carbocycles. The number of para-hydroxylation sites is 1. The van der Waals surface area contributed by atoms with Gasteiger partial charge in [-0.1, -0.05) is 32.0 Å². The number of likely N-dealkylation sites (tertiary alicyclic amines) is 1. The number of H-pyrrole nitrogens is 1. The van der Waals surface area contributed by atoms with E-state index in [0.29, 0.717) is 44.4 Å². The van der Waals surface area contributed by atoms with E-state index in [1.54, 1.807) is 11.8 Å². The number of carbonyl (C=O) groups is 4. The second kappa shape index (κ2) is 13.7. The molecule has 6 N–H and O–H groups in total. The fourth-order valence-electron chi connectivity index (χ4n) is 4.87. The molecule has 0 spiro atoms. The van der Waals surface area contributed by atoms with E-state index in [9.17, 15) is 24.3 Å². The van der Waals surface area contributed by atoms with Crippen LogP contribution in [-0.4, -0.2) is 81.4 Å². The molecule has 3 amide bonds. The molecule has 4 atom stereocenters. The number of nitrogens with two attached hydrogens (primary N) is 1. The maximum Gasteiger partial charge on any atom is 0.326 e. The second-order valence-electron chi connectivity index (χ2n) is 10.2. The molecule has 2 aromatic rings. The topological polar surface area (TPSA) is 158 Å². The Bertz CT molecular complexity index is 1140. The van der Waals surface area contributed by atoms with Gasteiger partial charge < -0.3 is 31.4 Å². The zero-order chi connectivity index (χ0) is 27.8. The minimum absolute atomic E-state index is 0.0824. The SMILES string of the molecule is CSCCC(NC(=O)C(N)Cc1c[nH]c2ccccc12)C(=O)NC(CC(C)C)C(=O)N1CCCC1C(=O)O. The van der Waals surface area contributed by atoms with Crippen molar-refractivity contribution < 1.29 is 24.3 Å². The van der Waals surface area contributed by atoms with Crippen molar-refractivity contribution in [2.75, 3.05) is 18.6 Å². The van der Waals surface area contributed by atoms with Gasteiger partial charge in [-0.25, -0.2) is 4.79 Å². The molecule has 1 saturated heterocycles. The molecule has 10 nitrogen and oxygen atoms in total. The molecular formula is C27H39N5O5S. The Morgan fingerprint density at radius 2 is 1.87 bits per heavy atom. The number of carboxylic acids is 1. The molecule has 11 heteroatoms. The van der Waals surface area contributed by atoms with E-state index >= 15 is 0 Å². The maximum atomic E-state index is 13.4. The van der Waals surface area contributed by atoms with Crippen molar-refractivity contribution in [2.45, 2.75) is 70.1 Å². The molecule has 1 aliphatic heterocycles. The highest BCUT2D eigenvalue weighted by atomic mass is 32.2. The number of hydrogen-bond acceptors (Lipinski definition) is 6. The number of nitrogens with one attached hydrogen (secondary N) is 3. The van der Waals surface area contributed by atoms with E-state index in [0.717, 1.165) is 16.5 Å². The summed E-state index contributed by atoms with van der Waals surface area (Å²) in [4.78, 5) is 55.9. The van der Waals surface area contributed by atoms with Gasteiger partial charge >= 0.3 is 5.97 Å². The number of fused-ring (bicyclic) bond motifs is 1. The molecule has 0 aliphatic carbocycles. The number of aromatic nitrogens is 1. The fraction of sp³-hybridized carbons (Fsp3) is 0.556. The summed E-state index contributed by atoms with van der Waals surface area (Å²) >= 11 is 1.54. The fourth-order valence-corrected chi connectivity index (χ4v) is 5.34. The van der Waals surface area contributed by atoms with Crippen LogP contribution in [0.4, 0.5) is 0 Å². The third-order valence-electron chi connectivity index (χ3n) is 6.84. The summed E-state index contributed by atoms with van der Waals surface area (Å²) in [6.07, 6.45) is 5.76. The van der Waals surface area contributed by atoms with E-state index < -0.39 is 47.9 Å². The zero-order valence-corrected chi connectivity index (χ0v) is 23.1. The Morgan fingerprint density at radius 3 is 2.55 bits per heavy atom. The van der Waals surface area contributed by atoms with Crippen molar-refractivity contribution >= 4 is 46.4 Å². The predicted molar refractivity (Wildman–Crippen MR) is 149 cm³/mol. The minimum Gasteiger partial charge on any atom is -0.480 e. The van der Waals surface area contributed by atoms with Crippen molar-refractivity contribution in [1.82, 2.24) is 20.5 Å². The lowest BCUT2D eigenvalue weighted by Crippen LogP contribution is -2.57. The van der Waals surface area contributed by atoms with Gasteiger partial charge in [0.15, 0.2) is 0 Å². The quantitative estimate of drug-likeness (QED) is 0.257. The molecule has 1 aromatic heterocycles. The van der Waals surface area contributed by atoms with Crippen LogP contribution in [0.3, 0.4) is 0 Å². The van der Waals surface area contributed by atoms with Gasteiger partial charge in [0, 0.05) is 23.6 Å². The Labute approximate surface area is 227 Å². The Morgan fingerprint density at radius 1 is 1.16 bits per heavy atom. The van der Waals surface area contributed by atoms with Gasteiger partial charge in [-0.05, 0) is 61.7 Å². The standard InChI is InChI=1S/C27H39N5O5S/c1-16(2)13-22(26(35)32-11-6-9-23(32)27(36)37)31-25(34)21(10-12-38-3)30-24(33)19(28)14-17-15-29-20-8-5-4-7-18(17)20/h4-5,7-8,15-16,19,21-23,29H,6,9-14,28H2,1-3H3,(H,30,33)(H,31,34)(H,36,37). The maximum absolute atomic E-state index is 13.4. The van der Waals surface area contributed by atoms with E-state index in [-0.39, 0.29) is 5.92 Å². The number of hydrogen-bond donors (Lipinski definition) is 5. The molecule has 1 aromatic carbocycles. The van der Waals surface area contributed by atoms with Crippen LogP contribution < -0.4 is 16.4 Å². The van der Waals surface area contributed by atoms with Gasteiger partial charge in [0.25, 0.3) is 0 Å². The summed E-state index contributed by atoms with van der Waals surface area (Å²) in [5.41, 5.74) is 8.11. The molecule has 0 radical (unpaired) electrons. The molecule has 4 unspecified atom stereocenters. The summed E-state index contributed by atoms with van der Waals surface area (Å²) in [5.74, 6) is -1.67. The van der Waals surface area contributed by atoms with Crippen LogP contribution in [0.2, 0.25) is 0 Å². The van der Waals surface area contributed by atoms with Gasteiger partial charge in [0.2, 0.25) is 17.7 Å². The lowest BCUT2D eigenvalue weighted by molar-refractivity contribution is -0.149. The molecule has 1 fully saturated rings. The van der Waals surface area contributed by atoms with E-state index in [2.05, 4.69) is 15.6 Å². The monoisotopic (exact) mass is 545 g/mol. The summed E-state index contributed by atoms with van der Waals surface area (Å²) in [7, 11) is 0. The number of benzene rings is 1. The first-order valence-electron chi connectivity index (χ1n) is 13.1. The van der Waals surface area contributed by atoms with Crippen LogP contribution in [-0.2, 0) is 25.6 Å². The first kappa shape index (κ1) is 29.5. The number of thioether (sulfide) groups is 1. The average molecular weight is 546 g/mol. The number of nitrogens with zero attached hydrogens (tertiary/aromatic N) is 1. The highest BCUT2D eigenvalue weighted by Crippen LogP contribution is 2.21. The smallest absolute Gasteiger partial charge is 0.326 e. The molecular weight excluding hydrogens is 506 g/mol. The van der Waals surface area contributed by atoms with Crippen LogP contribution in [0.15, 0.2) is 30.5 Å². The highest BCUT2D eigenvalue weighted by molar-refractivity contribution is 7.98. The second-order valence-corrected chi connectivity index (χ2v) is 11.2. The molecule has 38 heavy (non-hydrogen) atoms. The third kappa shape index (κ3) is 7.50. The molecule has 1 aliphatic rings. The van der Waals surface area contributed by atoms with Gasteiger partial charge in [0.1, 0.15) is 18.1 Å². The van der Waals surface area contributed by atoms with E-state index in [1.807, 2.05) is 50.6 Å². The van der Waals surface area contributed by atoms with Crippen LogP contribution in [0.1, 0.15) is 45.1 Å². The lowest BCUT2D eigenvalue weighted by atomic mass is 10.0. The van der Waals surface area contributed by atoms with Gasteiger partial charge in [-0.15, -0.1) is 0 Å². The molecule has 208 valence electrons. The van der Waals surface area contributed by atoms with Gasteiger partial charge in [0.05, 0.1) is 6.04 Å². The normalized spacial score (nSPS) is 17.8. The molecule has 0 bridgehead atoms. The Hall–Kier alpha value is -3.05. The van der Waals surface area contributed by atoms with Crippen molar-refractivity contribution in [3.05, 3.63) is 36.0 Å². The van der Waals surface area contributed by atoms with Crippen LogP contribution in [0.5, 0.6) is 0 Å². The summed E-state index contributed by atoms with van der Waals surface area (Å²) in [6.45, 7) is 4.21. The first-order valence-corrected chi connectivity index (χ1v) is 14.4. The Kier molecular flexibility index (Phi) is 10.6. The number of amides is 3. The molecule has 3 rings (SSSR count). The van der Waals surface area contributed by atoms with Crippen molar-refractivity contribution in [3.8, 4) is 0 Å². The van der Waals surface area contributed by atoms with Gasteiger partial charge in [-0.3, -0.25) is 14.4 Å². The minimum atomic E-state index is -1.04. The van der Waals surface area contributed by atoms with Crippen LogP contribution in [0, 0.1) is 5.92 Å². The van der Waals surface area contributed by atoms with Crippen LogP contribution >= 0.6 is 11.8 Å². The predicted octanol–water partition coefficient (Wildman–Crippen LogP) is 1.88. The number of carboxylic acid groups (broad SMARTS) is 1. The molecule has 2 heterocycles. The largest absolute Gasteiger partial charge is 0.480 e. The number of rotatable bonds is 13. The summed E-state index contributed by atoms with van der Waals surface area (Å²) < 4.78 is 0. The van der Waals surface area contributed by atoms with Crippen molar-refractivity contribution in [2.24, 2.45) is 11.7 Å². The first-order chi connectivity index (χ1) is 18.1. The van der Waals surface area contributed by atoms with E-state index in [1.165, 1.54) is 4.90 Å². The van der Waals surface area contributed by atoms with Crippen molar-refractivity contribution in [3.63, 3.8) is 0 Å². The summed E-state index contributed by atoms with van der Waals surface area (Å²) in [5, 5.41) is 16.1.